The van der Waals surface area contributed by atoms with E-state index < -0.39 is 18.6 Å². The van der Waals surface area contributed by atoms with Gasteiger partial charge in [-0.25, -0.2) is 0 Å². The van der Waals surface area contributed by atoms with Crippen LogP contribution in [-0.4, -0.2) is 92.7 Å². The number of rotatable bonds is 6. The first kappa shape index (κ1) is 27.2. The molecule has 0 atom stereocenters. The van der Waals surface area contributed by atoms with Crippen LogP contribution in [0.3, 0.4) is 0 Å². The molecule has 1 aliphatic heterocycles. The van der Waals surface area contributed by atoms with Crippen molar-refractivity contribution in [3.05, 3.63) is 23.5 Å². The van der Waals surface area contributed by atoms with Gasteiger partial charge >= 0.3 is 6.18 Å². The van der Waals surface area contributed by atoms with Gasteiger partial charge in [-0.15, -0.1) is 10.2 Å². The number of nitrogens with one attached hydrogen (secondary N) is 1. The number of aromatic hydroxyl groups is 2. The van der Waals surface area contributed by atoms with E-state index in [-0.39, 0.29) is 40.7 Å². The van der Waals surface area contributed by atoms with Crippen molar-refractivity contribution < 1.29 is 28.2 Å². The molecule has 1 aliphatic carbocycles. The van der Waals surface area contributed by atoms with Gasteiger partial charge in [0, 0.05) is 44.3 Å². The highest BCUT2D eigenvalue weighted by atomic mass is 19.4. The number of benzene rings is 1. The number of phenols is 2. The van der Waals surface area contributed by atoms with Gasteiger partial charge in [-0.2, -0.15) is 13.2 Å². The van der Waals surface area contributed by atoms with Crippen molar-refractivity contribution in [2.24, 2.45) is 0 Å². The standard InChI is InChI=1S/C25H35F3N6O3/c1-15(2)18-12-19(21(36)13-20(18)35)22-30-31-23(24(37)29-14-25(26,27)28)34(22)17-6-4-16(5-7-17)33-10-8-32(3)9-11-33/h12-13,15-17,35-36H,4-11,14H2,1-3H3,(H,29,37). The van der Waals surface area contributed by atoms with Crippen LogP contribution in [0.1, 0.15) is 67.7 Å². The Hall–Kier alpha value is -2.86. The minimum absolute atomic E-state index is 0.0655. The fraction of sp³-hybridized carbons (Fsp3) is 0.640. The number of likely N-dealkylation sites (N-methyl/N-ethyl adjacent to an activating group) is 1. The first-order valence-electron chi connectivity index (χ1n) is 12.7. The summed E-state index contributed by atoms with van der Waals surface area (Å²) < 4.78 is 39.9. The van der Waals surface area contributed by atoms with Crippen molar-refractivity contribution in [1.82, 2.24) is 29.9 Å². The number of alkyl halides is 3. The number of amides is 1. The SMILES string of the molecule is CC(C)c1cc(-c2nnc(C(=O)NCC(F)(F)F)n2C2CCC(N3CCN(C)CC3)CC2)c(O)cc1O. The molecule has 9 nitrogen and oxygen atoms in total. The molecule has 37 heavy (non-hydrogen) atoms. The Balaban J connectivity index is 1.65. The molecule has 1 aromatic heterocycles. The monoisotopic (exact) mass is 524 g/mol. The van der Waals surface area contributed by atoms with Crippen LogP contribution in [0.4, 0.5) is 13.2 Å². The van der Waals surface area contributed by atoms with Crippen molar-refractivity contribution in [3.63, 3.8) is 0 Å². The van der Waals surface area contributed by atoms with E-state index in [0.717, 1.165) is 39.0 Å². The van der Waals surface area contributed by atoms with Gasteiger partial charge in [0.25, 0.3) is 5.91 Å². The lowest BCUT2D eigenvalue weighted by Crippen LogP contribution is -2.50. The summed E-state index contributed by atoms with van der Waals surface area (Å²) in [5.41, 5.74) is 0.842. The van der Waals surface area contributed by atoms with Crippen LogP contribution in [0.2, 0.25) is 0 Å². The Morgan fingerprint density at radius 2 is 1.65 bits per heavy atom. The Morgan fingerprint density at radius 3 is 2.24 bits per heavy atom. The van der Waals surface area contributed by atoms with E-state index in [4.69, 9.17) is 0 Å². The second-order valence-electron chi connectivity index (χ2n) is 10.4. The van der Waals surface area contributed by atoms with Crippen molar-refractivity contribution >= 4 is 5.91 Å². The Morgan fingerprint density at radius 1 is 1.03 bits per heavy atom. The molecule has 2 heterocycles. The fourth-order valence-corrected chi connectivity index (χ4v) is 5.34. The molecule has 1 amide bonds. The summed E-state index contributed by atoms with van der Waals surface area (Å²) in [4.78, 5) is 17.6. The smallest absolute Gasteiger partial charge is 0.405 e. The zero-order chi connectivity index (χ0) is 26.9. The van der Waals surface area contributed by atoms with Crippen molar-refractivity contribution in [1.29, 1.82) is 0 Å². The van der Waals surface area contributed by atoms with Gasteiger partial charge in [-0.05, 0) is 50.3 Å². The molecule has 3 N–H and O–H groups in total. The van der Waals surface area contributed by atoms with Gasteiger partial charge in [-0.3, -0.25) is 14.3 Å². The van der Waals surface area contributed by atoms with Crippen molar-refractivity contribution in [2.75, 3.05) is 39.8 Å². The zero-order valence-corrected chi connectivity index (χ0v) is 21.4. The van der Waals surface area contributed by atoms with E-state index in [1.807, 2.05) is 19.2 Å². The summed E-state index contributed by atoms with van der Waals surface area (Å²) >= 11 is 0. The highest BCUT2D eigenvalue weighted by Gasteiger charge is 2.34. The lowest BCUT2D eigenvalue weighted by molar-refractivity contribution is -0.123. The average Bonchev–Trinajstić information content (AvgIpc) is 3.27. The number of nitrogens with zero attached hydrogens (tertiary/aromatic N) is 5. The predicted molar refractivity (Wildman–Crippen MR) is 132 cm³/mol. The van der Waals surface area contributed by atoms with Crippen molar-refractivity contribution in [3.8, 4) is 22.9 Å². The second kappa shape index (κ2) is 10.9. The molecule has 1 saturated heterocycles. The first-order valence-corrected chi connectivity index (χ1v) is 12.7. The first-order chi connectivity index (χ1) is 17.4. The van der Waals surface area contributed by atoms with E-state index in [0.29, 0.717) is 24.4 Å². The van der Waals surface area contributed by atoms with Crippen LogP contribution in [-0.2, 0) is 0 Å². The van der Waals surface area contributed by atoms with Crippen LogP contribution in [0.15, 0.2) is 12.1 Å². The minimum atomic E-state index is -4.56. The molecular weight excluding hydrogens is 489 g/mol. The molecule has 4 rings (SSSR count). The third-order valence-corrected chi connectivity index (χ3v) is 7.44. The van der Waals surface area contributed by atoms with E-state index >= 15 is 0 Å². The topological polar surface area (TPSA) is 107 Å². The number of carbonyl (C=O) groups is 1. The third kappa shape index (κ3) is 6.18. The third-order valence-electron chi connectivity index (χ3n) is 7.44. The number of piperazine rings is 1. The number of halogens is 3. The van der Waals surface area contributed by atoms with Crippen LogP contribution >= 0.6 is 0 Å². The number of carbonyl (C=O) groups excluding carboxylic acids is 1. The zero-order valence-electron chi connectivity index (χ0n) is 21.4. The summed E-state index contributed by atoms with van der Waals surface area (Å²) in [6.07, 6.45) is -1.44. The van der Waals surface area contributed by atoms with Crippen LogP contribution in [0.5, 0.6) is 11.5 Å². The normalized spacial score (nSPS) is 21.9. The predicted octanol–water partition coefficient (Wildman–Crippen LogP) is 3.50. The van der Waals surface area contributed by atoms with Gasteiger partial charge < -0.3 is 20.4 Å². The van der Waals surface area contributed by atoms with Gasteiger partial charge in [0.1, 0.15) is 18.0 Å². The Bertz CT molecular complexity index is 1100. The lowest BCUT2D eigenvalue weighted by atomic mass is 9.89. The number of aromatic nitrogens is 3. The van der Waals surface area contributed by atoms with E-state index in [2.05, 4.69) is 27.0 Å². The molecule has 0 spiro atoms. The maximum atomic E-state index is 12.8. The number of hydrogen-bond acceptors (Lipinski definition) is 7. The van der Waals surface area contributed by atoms with E-state index in [1.165, 1.54) is 6.07 Å². The Kier molecular flexibility index (Phi) is 7.98. The largest absolute Gasteiger partial charge is 0.508 e. The highest BCUT2D eigenvalue weighted by Crippen LogP contribution is 2.40. The number of phenolic OH excluding ortho intramolecular Hbond substituents is 2. The van der Waals surface area contributed by atoms with E-state index in [1.54, 1.807) is 10.6 Å². The maximum Gasteiger partial charge on any atom is 0.405 e. The summed E-state index contributed by atoms with van der Waals surface area (Å²) in [7, 11) is 2.11. The summed E-state index contributed by atoms with van der Waals surface area (Å²) in [6.45, 7) is 6.30. The molecule has 1 saturated carbocycles. The molecular formula is C25H35F3N6O3. The summed E-state index contributed by atoms with van der Waals surface area (Å²) in [5, 5.41) is 31.0. The molecule has 2 aromatic rings. The minimum Gasteiger partial charge on any atom is -0.508 e. The quantitative estimate of drug-likeness (QED) is 0.531. The summed E-state index contributed by atoms with van der Waals surface area (Å²) in [6, 6.07) is 3.00. The fourth-order valence-electron chi connectivity index (χ4n) is 5.34. The Labute approximate surface area is 214 Å². The van der Waals surface area contributed by atoms with Gasteiger partial charge in [0.05, 0.1) is 5.56 Å². The molecule has 2 aliphatic rings. The highest BCUT2D eigenvalue weighted by molar-refractivity contribution is 5.91. The lowest BCUT2D eigenvalue weighted by Gasteiger charge is -2.41. The molecule has 204 valence electrons. The van der Waals surface area contributed by atoms with E-state index in [9.17, 15) is 28.2 Å². The molecule has 0 unspecified atom stereocenters. The van der Waals surface area contributed by atoms with Gasteiger partial charge in [-0.1, -0.05) is 13.8 Å². The summed E-state index contributed by atoms with van der Waals surface area (Å²) in [5.74, 6) is -1.38. The van der Waals surface area contributed by atoms with Crippen LogP contribution < -0.4 is 5.32 Å². The maximum absolute atomic E-state index is 12.8. The molecule has 1 aromatic carbocycles. The second-order valence-corrected chi connectivity index (χ2v) is 10.4. The van der Waals surface area contributed by atoms with Gasteiger partial charge in [0.15, 0.2) is 5.82 Å². The molecule has 0 bridgehead atoms. The van der Waals surface area contributed by atoms with Crippen LogP contribution in [0.25, 0.3) is 11.4 Å². The molecule has 2 fully saturated rings. The van der Waals surface area contributed by atoms with Gasteiger partial charge in [0.2, 0.25) is 5.82 Å². The average molecular weight is 525 g/mol. The number of hydrogen-bond donors (Lipinski definition) is 3. The van der Waals surface area contributed by atoms with Crippen LogP contribution in [0, 0.1) is 0 Å². The van der Waals surface area contributed by atoms with Crippen molar-refractivity contribution in [2.45, 2.75) is 63.7 Å². The molecule has 0 radical (unpaired) electrons. The molecule has 12 heteroatoms.